The molecule has 0 aliphatic carbocycles. The van der Waals surface area contributed by atoms with E-state index in [9.17, 15) is 4.79 Å². The van der Waals surface area contributed by atoms with Gasteiger partial charge in [0.15, 0.2) is 0 Å². The summed E-state index contributed by atoms with van der Waals surface area (Å²) < 4.78 is 1.82. The fourth-order valence-electron chi connectivity index (χ4n) is 2.16. The maximum absolute atomic E-state index is 12.0. The number of carbonyl (C=O) groups is 1. The number of nitrogens with two attached hydrogens (primary N) is 1. The van der Waals surface area contributed by atoms with Crippen LogP contribution in [0.25, 0.3) is 10.9 Å². The second kappa shape index (κ2) is 5.13. The zero-order chi connectivity index (χ0) is 14.0. The second-order valence-electron chi connectivity index (χ2n) is 5.79. The first-order chi connectivity index (χ1) is 8.87. The van der Waals surface area contributed by atoms with Crippen LogP contribution in [0.5, 0.6) is 0 Å². The number of Topliss-reactive ketones (excluding diaryl/α,β-unsaturated/α-hetero) is 1. The van der Waals surface area contributed by atoms with Crippen LogP contribution in [0.1, 0.15) is 32.4 Å². The van der Waals surface area contributed by atoms with E-state index in [0.29, 0.717) is 19.3 Å². The standard InChI is InChI=1S/C15H21N3O/c1-15(2,16)9-8-11(19)10-13-12-6-4-5-7-14(12)18(3)17-13/h4-7H,8-10,16H2,1-3H3. The summed E-state index contributed by atoms with van der Waals surface area (Å²) in [5.74, 6) is 0.197. The predicted octanol–water partition coefficient (Wildman–Crippen LogP) is 2.20. The highest BCUT2D eigenvalue weighted by Crippen LogP contribution is 2.19. The molecule has 4 nitrogen and oxygen atoms in total. The van der Waals surface area contributed by atoms with Crippen LogP contribution >= 0.6 is 0 Å². The lowest BCUT2D eigenvalue weighted by Crippen LogP contribution is -2.32. The Hall–Kier alpha value is -1.68. The van der Waals surface area contributed by atoms with Gasteiger partial charge in [-0.05, 0) is 26.3 Å². The van der Waals surface area contributed by atoms with Gasteiger partial charge in [0.05, 0.1) is 17.6 Å². The van der Waals surface area contributed by atoms with Gasteiger partial charge in [-0.2, -0.15) is 5.10 Å². The van der Waals surface area contributed by atoms with Crippen molar-refractivity contribution in [3.05, 3.63) is 30.0 Å². The van der Waals surface area contributed by atoms with E-state index in [0.717, 1.165) is 16.6 Å². The molecule has 0 saturated heterocycles. The van der Waals surface area contributed by atoms with Crippen molar-refractivity contribution in [2.45, 2.75) is 38.6 Å². The summed E-state index contributed by atoms with van der Waals surface area (Å²) >= 11 is 0. The van der Waals surface area contributed by atoms with Gasteiger partial charge < -0.3 is 5.73 Å². The van der Waals surface area contributed by atoms with Crippen molar-refractivity contribution in [1.29, 1.82) is 0 Å². The normalized spacial score (nSPS) is 12.0. The van der Waals surface area contributed by atoms with Crippen molar-refractivity contribution in [3.63, 3.8) is 0 Å². The van der Waals surface area contributed by atoms with Crippen LogP contribution in [0.2, 0.25) is 0 Å². The summed E-state index contributed by atoms with van der Waals surface area (Å²) in [5.41, 5.74) is 7.53. The quantitative estimate of drug-likeness (QED) is 0.895. The zero-order valence-electron chi connectivity index (χ0n) is 11.8. The number of hydrogen-bond donors (Lipinski definition) is 1. The summed E-state index contributed by atoms with van der Waals surface area (Å²) in [4.78, 5) is 12.0. The topological polar surface area (TPSA) is 60.9 Å². The Balaban J connectivity index is 2.11. The number of hydrogen-bond acceptors (Lipinski definition) is 3. The van der Waals surface area contributed by atoms with Gasteiger partial charge in [0.25, 0.3) is 0 Å². The van der Waals surface area contributed by atoms with Crippen LogP contribution in [0.4, 0.5) is 0 Å². The number of carbonyl (C=O) groups excluding carboxylic acids is 1. The van der Waals surface area contributed by atoms with Crippen LogP contribution in [0, 0.1) is 0 Å². The monoisotopic (exact) mass is 259 g/mol. The molecule has 0 unspecified atom stereocenters. The number of rotatable bonds is 5. The number of ketones is 1. The molecular formula is C15H21N3O. The molecule has 0 bridgehead atoms. The molecule has 2 N–H and O–H groups in total. The smallest absolute Gasteiger partial charge is 0.139 e. The average molecular weight is 259 g/mol. The minimum absolute atomic E-state index is 0.197. The molecule has 0 radical (unpaired) electrons. The number of para-hydroxylation sites is 1. The molecule has 102 valence electrons. The number of aryl methyl sites for hydroxylation is 1. The molecule has 2 rings (SSSR count). The second-order valence-corrected chi connectivity index (χ2v) is 5.79. The van der Waals surface area contributed by atoms with Crippen molar-refractivity contribution in [2.75, 3.05) is 0 Å². The van der Waals surface area contributed by atoms with Gasteiger partial charge in [0.1, 0.15) is 5.78 Å². The van der Waals surface area contributed by atoms with E-state index in [1.807, 2.05) is 49.8 Å². The average Bonchev–Trinajstić information content (AvgIpc) is 2.64. The molecule has 0 fully saturated rings. The Bertz CT molecular complexity index is 593. The number of aromatic nitrogens is 2. The number of benzene rings is 1. The van der Waals surface area contributed by atoms with Gasteiger partial charge in [-0.15, -0.1) is 0 Å². The molecule has 0 aliphatic heterocycles. The minimum atomic E-state index is -0.290. The van der Waals surface area contributed by atoms with E-state index in [1.54, 1.807) is 0 Å². The lowest BCUT2D eigenvalue weighted by atomic mass is 9.97. The van der Waals surface area contributed by atoms with Crippen molar-refractivity contribution < 1.29 is 4.79 Å². The van der Waals surface area contributed by atoms with E-state index >= 15 is 0 Å². The van der Waals surface area contributed by atoms with E-state index in [1.165, 1.54) is 0 Å². The highest BCUT2D eigenvalue weighted by Gasteiger charge is 2.16. The molecule has 0 saturated carbocycles. The van der Waals surface area contributed by atoms with Crippen LogP contribution in [-0.2, 0) is 18.3 Å². The van der Waals surface area contributed by atoms with Gasteiger partial charge in [-0.3, -0.25) is 9.48 Å². The highest BCUT2D eigenvalue weighted by atomic mass is 16.1. The largest absolute Gasteiger partial charge is 0.326 e. The molecule has 0 aliphatic rings. The number of fused-ring (bicyclic) bond motifs is 1. The van der Waals surface area contributed by atoms with Crippen LogP contribution in [0.3, 0.4) is 0 Å². The molecule has 0 amide bonds. The molecular weight excluding hydrogens is 238 g/mol. The Kier molecular flexibility index (Phi) is 3.71. The Labute approximate surface area is 113 Å². The molecule has 0 atom stereocenters. The first-order valence-corrected chi connectivity index (χ1v) is 6.58. The summed E-state index contributed by atoms with van der Waals surface area (Å²) in [5, 5.41) is 5.50. The van der Waals surface area contributed by atoms with E-state index in [2.05, 4.69) is 5.10 Å². The van der Waals surface area contributed by atoms with Crippen molar-refractivity contribution in [3.8, 4) is 0 Å². The van der Waals surface area contributed by atoms with Crippen LogP contribution in [-0.4, -0.2) is 21.1 Å². The fraction of sp³-hybridized carbons (Fsp3) is 0.467. The summed E-state index contributed by atoms with van der Waals surface area (Å²) in [6, 6.07) is 7.98. The number of nitrogens with zero attached hydrogens (tertiary/aromatic N) is 2. The van der Waals surface area contributed by atoms with Crippen LogP contribution < -0.4 is 5.73 Å². The van der Waals surface area contributed by atoms with E-state index in [-0.39, 0.29) is 11.3 Å². The lowest BCUT2D eigenvalue weighted by Gasteiger charge is -2.17. The first-order valence-electron chi connectivity index (χ1n) is 6.58. The van der Waals surface area contributed by atoms with Crippen molar-refractivity contribution >= 4 is 16.7 Å². The Morgan fingerprint density at radius 3 is 2.74 bits per heavy atom. The van der Waals surface area contributed by atoms with E-state index < -0.39 is 0 Å². The van der Waals surface area contributed by atoms with Gasteiger partial charge in [-0.1, -0.05) is 18.2 Å². The SMILES string of the molecule is Cn1nc(CC(=O)CCC(C)(C)N)c2ccccc21. The maximum Gasteiger partial charge on any atom is 0.139 e. The third-order valence-corrected chi connectivity index (χ3v) is 3.25. The predicted molar refractivity (Wildman–Crippen MR) is 76.9 cm³/mol. The van der Waals surface area contributed by atoms with Gasteiger partial charge in [0.2, 0.25) is 0 Å². The summed E-state index contributed by atoms with van der Waals surface area (Å²) in [7, 11) is 1.90. The molecule has 4 heteroatoms. The maximum atomic E-state index is 12.0. The molecule has 1 heterocycles. The summed E-state index contributed by atoms with van der Waals surface area (Å²) in [6.45, 7) is 3.88. The molecule has 2 aromatic rings. The third kappa shape index (κ3) is 3.41. The van der Waals surface area contributed by atoms with Crippen molar-refractivity contribution in [2.24, 2.45) is 12.8 Å². The Morgan fingerprint density at radius 2 is 2.05 bits per heavy atom. The minimum Gasteiger partial charge on any atom is -0.326 e. The van der Waals surface area contributed by atoms with Gasteiger partial charge in [-0.25, -0.2) is 0 Å². The van der Waals surface area contributed by atoms with Gasteiger partial charge >= 0.3 is 0 Å². The fourth-order valence-corrected chi connectivity index (χ4v) is 2.16. The lowest BCUT2D eigenvalue weighted by molar-refractivity contribution is -0.118. The highest BCUT2D eigenvalue weighted by molar-refractivity contribution is 5.88. The van der Waals surface area contributed by atoms with E-state index in [4.69, 9.17) is 5.73 Å². The molecule has 1 aromatic carbocycles. The van der Waals surface area contributed by atoms with Gasteiger partial charge in [0, 0.05) is 24.4 Å². The molecule has 1 aromatic heterocycles. The summed E-state index contributed by atoms with van der Waals surface area (Å²) in [6.07, 6.45) is 1.60. The molecule has 19 heavy (non-hydrogen) atoms. The molecule has 0 spiro atoms. The van der Waals surface area contributed by atoms with Crippen molar-refractivity contribution in [1.82, 2.24) is 9.78 Å². The third-order valence-electron chi connectivity index (χ3n) is 3.25. The zero-order valence-corrected chi connectivity index (χ0v) is 11.8. The Morgan fingerprint density at radius 1 is 1.37 bits per heavy atom. The van der Waals surface area contributed by atoms with Crippen LogP contribution in [0.15, 0.2) is 24.3 Å². The first kappa shape index (κ1) is 13.7.